The molecule has 106 valence electrons. The van der Waals surface area contributed by atoms with Gasteiger partial charge in [-0.25, -0.2) is 0 Å². The maximum absolute atomic E-state index is 11.6. The summed E-state index contributed by atoms with van der Waals surface area (Å²) in [5.74, 6) is 1.81. The van der Waals surface area contributed by atoms with Crippen LogP contribution in [0, 0.1) is 18.8 Å². The number of benzene rings is 1. The first kappa shape index (κ1) is 13.0. The van der Waals surface area contributed by atoms with Crippen LogP contribution in [0.1, 0.15) is 23.7 Å². The zero-order valence-electron chi connectivity index (χ0n) is 11.7. The van der Waals surface area contributed by atoms with Crippen LogP contribution in [0.2, 0.25) is 0 Å². The van der Waals surface area contributed by atoms with Crippen molar-refractivity contribution in [1.82, 2.24) is 0 Å². The Morgan fingerprint density at radius 1 is 1.45 bits per heavy atom. The van der Waals surface area contributed by atoms with E-state index in [4.69, 9.17) is 14.2 Å². The van der Waals surface area contributed by atoms with Gasteiger partial charge in [-0.1, -0.05) is 12.7 Å². The lowest BCUT2D eigenvalue weighted by molar-refractivity contribution is -0.145. The number of aryl methyl sites for hydroxylation is 1. The second-order valence-corrected chi connectivity index (χ2v) is 5.32. The van der Waals surface area contributed by atoms with E-state index < -0.39 is 0 Å². The lowest BCUT2D eigenvalue weighted by atomic mass is 10.0. The van der Waals surface area contributed by atoms with Gasteiger partial charge in [0, 0.05) is 17.5 Å². The molecule has 1 saturated heterocycles. The third-order valence-electron chi connectivity index (χ3n) is 3.97. The molecule has 2 fully saturated rings. The molecule has 0 radical (unpaired) electrons. The molecule has 0 aromatic heterocycles. The van der Waals surface area contributed by atoms with Crippen molar-refractivity contribution in [2.24, 2.45) is 11.8 Å². The summed E-state index contributed by atoms with van der Waals surface area (Å²) >= 11 is 0. The van der Waals surface area contributed by atoms with Gasteiger partial charge in [0.15, 0.2) is 0 Å². The van der Waals surface area contributed by atoms with Crippen LogP contribution in [0.5, 0.6) is 11.5 Å². The van der Waals surface area contributed by atoms with Crippen LogP contribution in [0.4, 0.5) is 0 Å². The van der Waals surface area contributed by atoms with Crippen LogP contribution in [0.15, 0.2) is 24.8 Å². The summed E-state index contributed by atoms with van der Waals surface area (Å²) in [6.45, 7) is 6.06. The highest BCUT2D eigenvalue weighted by Crippen LogP contribution is 2.57. The highest BCUT2D eigenvalue weighted by Gasteiger charge is 2.57. The average molecular weight is 274 g/mol. The summed E-state index contributed by atoms with van der Waals surface area (Å²) in [5.41, 5.74) is 1.94. The number of esters is 1. The molecule has 3 rings (SSSR count). The highest BCUT2D eigenvalue weighted by molar-refractivity contribution is 5.79. The van der Waals surface area contributed by atoms with E-state index >= 15 is 0 Å². The first-order valence-electron chi connectivity index (χ1n) is 6.78. The number of cyclic esters (lactones) is 1. The Kier molecular flexibility index (Phi) is 3.16. The van der Waals surface area contributed by atoms with E-state index in [0.29, 0.717) is 18.3 Å². The highest BCUT2D eigenvalue weighted by atomic mass is 16.6. The fraction of sp³-hybridized carbons (Fsp3) is 0.438. The topological polar surface area (TPSA) is 44.8 Å². The van der Waals surface area contributed by atoms with Crippen LogP contribution in [0.3, 0.4) is 0 Å². The molecule has 2 aliphatic rings. The lowest BCUT2D eigenvalue weighted by Crippen LogP contribution is -2.08. The maximum atomic E-state index is 11.6. The number of rotatable bonds is 5. The van der Waals surface area contributed by atoms with Crippen molar-refractivity contribution in [3.8, 4) is 11.5 Å². The summed E-state index contributed by atoms with van der Waals surface area (Å²) < 4.78 is 16.5. The standard InChI is InChI=1S/C16H18O4/c1-4-5-19-13-8-14(18-3)12(6-9(13)2)15-10-7-11(10)16(17)20-15/h4,6,8,10-11,15H,1,5,7H2,2-3H3. The predicted molar refractivity (Wildman–Crippen MR) is 73.9 cm³/mol. The van der Waals surface area contributed by atoms with Gasteiger partial charge in [-0.3, -0.25) is 4.79 Å². The molecule has 0 spiro atoms. The molecule has 1 aromatic carbocycles. The normalized spacial score (nSPS) is 26.7. The van der Waals surface area contributed by atoms with Crippen LogP contribution in [-0.2, 0) is 9.53 Å². The zero-order chi connectivity index (χ0) is 14.3. The van der Waals surface area contributed by atoms with Crippen LogP contribution < -0.4 is 9.47 Å². The molecule has 1 aliphatic carbocycles. The zero-order valence-corrected chi connectivity index (χ0v) is 11.7. The molecule has 3 unspecified atom stereocenters. The minimum absolute atomic E-state index is 0.0771. The summed E-state index contributed by atoms with van der Waals surface area (Å²) in [4.78, 5) is 11.6. The SMILES string of the molecule is C=CCOc1cc(OC)c(C2OC(=O)C3CC32)cc1C. The fourth-order valence-electron chi connectivity index (χ4n) is 2.81. The largest absolute Gasteiger partial charge is 0.496 e. The number of methoxy groups -OCH3 is 1. The van der Waals surface area contributed by atoms with Crippen molar-refractivity contribution in [2.75, 3.05) is 13.7 Å². The third kappa shape index (κ3) is 2.05. The van der Waals surface area contributed by atoms with E-state index in [1.807, 2.05) is 19.1 Å². The van der Waals surface area contributed by atoms with Gasteiger partial charge in [0.2, 0.25) is 0 Å². The Morgan fingerprint density at radius 3 is 2.80 bits per heavy atom. The maximum Gasteiger partial charge on any atom is 0.310 e. The second kappa shape index (κ2) is 4.85. The van der Waals surface area contributed by atoms with Crippen molar-refractivity contribution in [3.05, 3.63) is 35.9 Å². The van der Waals surface area contributed by atoms with Crippen molar-refractivity contribution < 1.29 is 19.0 Å². The van der Waals surface area contributed by atoms with E-state index in [9.17, 15) is 4.79 Å². The molecule has 4 nitrogen and oxygen atoms in total. The van der Waals surface area contributed by atoms with Crippen LogP contribution in [0.25, 0.3) is 0 Å². The Morgan fingerprint density at radius 2 is 2.25 bits per heavy atom. The van der Waals surface area contributed by atoms with Gasteiger partial charge < -0.3 is 14.2 Å². The lowest BCUT2D eigenvalue weighted by Gasteiger charge is -2.19. The van der Waals surface area contributed by atoms with Crippen molar-refractivity contribution in [3.63, 3.8) is 0 Å². The minimum Gasteiger partial charge on any atom is -0.496 e. The third-order valence-corrected chi connectivity index (χ3v) is 3.97. The molecule has 0 amide bonds. The monoisotopic (exact) mass is 274 g/mol. The summed E-state index contributed by atoms with van der Waals surface area (Å²) in [5, 5.41) is 0. The van der Waals surface area contributed by atoms with E-state index in [1.165, 1.54) is 0 Å². The Labute approximate surface area is 118 Å². The number of hydrogen-bond acceptors (Lipinski definition) is 4. The number of carbonyl (C=O) groups is 1. The summed E-state index contributed by atoms with van der Waals surface area (Å²) in [7, 11) is 1.62. The van der Waals surface area contributed by atoms with Gasteiger partial charge in [-0.2, -0.15) is 0 Å². The molecule has 1 heterocycles. The van der Waals surface area contributed by atoms with Crippen LogP contribution in [-0.4, -0.2) is 19.7 Å². The average Bonchev–Trinajstić information content (AvgIpc) is 3.17. The van der Waals surface area contributed by atoms with Gasteiger partial charge in [-0.15, -0.1) is 0 Å². The molecule has 20 heavy (non-hydrogen) atoms. The van der Waals surface area contributed by atoms with E-state index in [-0.39, 0.29) is 18.0 Å². The number of carbonyl (C=O) groups excluding carboxylic acids is 1. The summed E-state index contributed by atoms with van der Waals surface area (Å²) in [6.07, 6.45) is 2.46. The minimum atomic E-state index is -0.172. The second-order valence-electron chi connectivity index (χ2n) is 5.32. The van der Waals surface area contributed by atoms with Gasteiger partial charge in [0.25, 0.3) is 0 Å². The summed E-state index contributed by atoms with van der Waals surface area (Å²) in [6, 6.07) is 3.85. The van der Waals surface area contributed by atoms with E-state index in [1.54, 1.807) is 13.2 Å². The van der Waals surface area contributed by atoms with Gasteiger partial charge >= 0.3 is 5.97 Å². The molecule has 3 atom stereocenters. The first-order chi connectivity index (χ1) is 9.65. The molecule has 1 saturated carbocycles. The molecule has 0 N–H and O–H groups in total. The van der Waals surface area contributed by atoms with Crippen molar-refractivity contribution in [2.45, 2.75) is 19.4 Å². The van der Waals surface area contributed by atoms with Crippen LogP contribution >= 0.6 is 0 Å². The van der Waals surface area contributed by atoms with E-state index in [0.717, 1.165) is 23.3 Å². The Bertz CT molecular complexity index is 564. The van der Waals surface area contributed by atoms with E-state index in [2.05, 4.69) is 6.58 Å². The Hall–Kier alpha value is -1.97. The number of fused-ring (bicyclic) bond motifs is 1. The molecular weight excluding hydrogens is 256 g/mol. The van der Waals surface area contributed by atoms with Crippen molar-refractivity contribution >= 4 is 5.97 Å². The Balaban J connectivity index is 1.92. The quantitative estimate of drug-likeness (QED) is 0.612. The molecular formula is C16H18O4. The van der Waals surface area contributed by atoms with Gasteiger partial charge in [0.1, 0.15) is 24.2 Å². The first-order valence-corrected chi connectivity index (χ1v) is 6.78. The number of ether oxygens (including phenoxy) is 3. The predicted octanol–water partition coefficient (Wildman–Crippen LogP) is 2.80. The fourth-order valence-corrected chi connectivity index (χ4v) is 2.81. The number of hydrogen-bond donors (Lipinski definition) is 0. The van der Waals surface area contributed by atoms with Crippen molar-refractivity contribution in [1.29, 1.82) is 0 Å². The molecule has 1 aromatic rings. The molecule has 1 aliphatic heterocycles. The molecule has 4 heteroatoms. The van der Waals surface area contributed by atoms with Gasteiger partial charge in [-0.05, 0) is 25.0 Å². The molecule has 0 bridgehead atoms. The van der Waals surface area contributed by atoms with Gasteiger partial charge in [0.05, 0.1) is 13.0 Å². The smallest absolute Gasteiger partial charge is 0.310 e.